The molecule has 1 N–H and O–H groups in total. The number of hydrogen-bond acceptors (Lipinski definition) is 3. The monoisotopic (exact) mass is 270 g/mol. The Morgan fingerprint density at radius 3 is 2.75 bits per heavy atom. The van der Waals surface area contributed by atoms with E-state index in [1.807, 2.05) is 0 Å². The molecule has 0 unspecified atom stereocenters. The first-order valence-corrected chi connectivity index (χ1v) is 7.74. The Balaban J connectivity index is 1.63. The quantitative estimate of drug-likeness (QED) is 0.873. The van der Waals surface area contributed by atoms with Gasteiger partial charge in [-0.3, -0.25) is 4.90 Å². The van der Waals surface area contributed by atoms with Gasteiger partial charge in [0, 0.05) is 29.6 Å². The minimum Gasteiger partial charge on any atom is -0.459 e. The van der Waals surface area contributed by atoms with Gasteiger partial charge in [0.15, 0.2) is 0 Å². The van der Waals surface area contributed by atoms with Crippen molar-refractivity contribution in [3.63, 3.8) is 0 Å². The molecule has 2 fully saturated rings. The molecule has 3 nitrogen and oxygen atoms in total. The molecule has 4 rings (SSSR count). The second-order valence-corrected chi connectivity index (χ2v) is 6.30. The predicted octanol–water partition coefficient (Wildman–Crippen LogP) is 3.28. The van der Waals surface area contributed by atoms with E-state index in [4.69, 9.17) is 4.42 Å². The average Bonchev–Trinajstić information content (AvgIpc) is 3.34. The van der Waals surface area contributed by atoms with Gasteiger partial charge in [-0.1, -0.05) is 18.2 Å². The first-order valence-electron chi connectivity index (χ1n) is 7.74. The van der Waals surface area contributed by atoms with Gasteiger partial charge < -0.3 is 9.73 Å². The third-order valence-corrected chi connectivity index (χ3v) is 4.49. The molecule has 1 heterocycles. The van der Waals surface area contributed by atoms with Crippen molar-refractivity contribution in [3.05, 3.63) is 35.6 Å². The summed E-state index contributed by atoms with van der Waals surface area (Å²) in [5.74, 6) is 1.15. The maximum absolute atomic E-state index is 6.12. The molecule has 0 radical (unpaired) electrons. The molecule has 0 bridgehead atoms. The Labute approximate surface area is 119 Å². The summed E-state index contributed by atoms with van der Waals surface area (Å²) in [6.45, 7) is 1.87. The molecule has 0 atom stereocenters. The zero-order chi connectivity index (χ0) is 13.5. The number of para-hydroxylation sites is 1. The van der Waals surface area contributed by atoms with Crippen LogP contribution in [0.25, 0.3) is 11.0 Å². The fraction of sp³-hybridized carbons (Fsp3) is 0.529. The lowest BCUT2D eigenvalue weighted by molar-refractivity contribution is 0.287. The SMILES string of the molecule is CN(Cc1oc2ccccc2c1CNC1CC1)C1CC1. The maximum atomic E-state index is 6.12. The van der Waals surface area contributed by atoms with Crippen molar-refractivity contribution in [2.45, 2.75) is 50.9 Å². The first kappa shape index (κ1) is 12.4. The van der Waals surface area contributed by atoms with Crippen LogP contribution < -0.4 is 5.32 Å². The van der Waals surface area contributed by atoms with Gasteiger partial charge in [0.05, 0.1) is 6.54 Å². The number of rotatable bonds is 6. The van der Waals surface area contributed by atoms with E-state index in [1.54, 1.807) is 0 Å². The number of benzene rings is 1. The Morgan fingerprint density at radius 2 is 2.00 bits per heavy atom. The zero-order valence-corrected chi connectivity index (χ0v) is 12.1. The van der Waals surface area contributed by atoms with Gasteiger partial charge in [-0.25, -0.2) is 0 Å². The molecule has 1 aromatic heterocycles. The molecular weight excluding hydrogens is 248 g/mol. The molecule has 106 valence electrons. The van der Waals surface area contributed by atoms with Crippen LogP contribution in [0.1, 0.15) is 37.0 Å². The van der Waals surface area contributed by atoms with E-state index in [2.05, 4.69) is 41.5 Å². The third-order valence-electron chi connectivity index (χ3n) is 4.49. The molecule has 0 saturated heterocycles. The molecule has 0 amide bonds. The van der Waals surface area contributed by atoms with Crippen LogP contribution in [0.2, 0.25) is 0 Å². The first-order chi connectivity index (χ1) is 9.81. The van der Waals surface area contributed by atoms with Crippen LogP contribution >= 0.6 is 0 Å². The van der Waals surface area contributed by atoms with Crippen molar-refractivity contribution in [2.24, 2.45) is 0 Å². The topological polar surface area (TPSA) is 28.4 Å². The largest absolute Gasteiger partial charge is 0.459 e. The lowest BCUT2D eigenvalue weighted by atomic mass is 10.1. The van der Waals surface area contributed by atoms with Gasteiger partial charge in [0.25, 0.3) is 0 Å². The van der Waals surface area contributed by atoms with Gasteiger partial charge in [0.1, 0.15) is 11.3 Å². The highest BCUT2D eigenvalue weighted by Crippen LogP contribution is 2.31. The van der Waals surface area contributed by atoms with E-state index in [9.17, 15) is 0 Å². The summed E-state index contributed by atoms with van der Waals surface area (Å²) in [5, 5.41) is 4.91. The van der Waals surface area contributed by atoms with Crippen LogP contribution in [-0.2, 0) is 13.1 Å². The molecule has 2 aromatic rings. The van der Waals surface area contributed by atoms with Crippen molar-refractivity contribution in [1.29, 1.82) is 0 Å². The molecule has 2 aliphatic carbocycles. The molecule has 20 heavy (non-hydrogen) atoms. The number of hydrogen-bond donors (Lipinski definition) is 1. The van der Waals surface area contributed by atoms with Crippen LogP contribution in [0.15, 0.2) is 28.7 Å². The predicted molar refractivity (Wildman–Crippen MR) is 80.6 cm³/mol. The summed E-state index contributed by atoms with van der Waals surface area (Å²) in [6, 6.07) is 9.93. The van der Waals surface area contributed by atoms with E-state index in [0.29, 0.717) is 0 Å². The van der Waals surface area contributed by atoms with Crippen molar-refractivity contribution < 1.29 is 4.42 Å². The molecule has 0 aliphatic heterocycles. The fourth-order valence-electron chi connectivity index (χ4n) is 2.88. The van der Waals surface area contributed by atoms with E-state index in [0.717, 1.165) is 36.5 Å². The fourth-order valence-corrected chi connectivity index (χ4v) is 2.88. The number of furan rings is 1. The molecule has 2 aliphatic rings. The van der Waals surface area contributed by atoms with Crippen molar-refractivity contribution in [1.82, 2.24) is 10.2 Å². The Morgan fingerprint density at radius 1 is 1.20 bits per heavy atom. The van der Waals surface area contributed by atoms with Crippen LogP contribution in [0.5, 0.6) is 0 Å². The second-order valence-electron chi connectivity index (χ2n) is 6.30. The lowest BCUT2D eigenvalue weighted by Crippen LogP contribution is -2.22. The highest BCUT2D eigenvalue weighted by molar-refractivity contribution is 5.82. The van der Waals surface area contributed by atoms with Gasteiger partial charge >= 0.3 is 0 Å². The summed E-state index contributed by atoms with van der Waals surface area (Å²) < 4.78 is 6.12. The van der Waals surface area contributed by atoms with E-state index < -0.39 is 0 Å². The number of nitrogens with zero attached hydrogens (tertiary/aromatic N) is 1. The van der Waals surface area contributed by atoms with Crippen molar-refractivity contribution >= 4 is 11.0 Å². The maximum Gasteiger partial charge on any atom is 0.134 e. The van der Waals surface area contributed by atoms with E-state index in [1.165, 1.54) is 36.6 Å². The second kappa shape index (κ2) is 4.90. The van der Waals surface area contributed by atoms with Gasteiger partial charge in [-0.2, -0.15) is 0 Å². The summed E-state index contributed by atoms with van der Waals surface area (Å²) in [4.78, 5) is 2.43. The summed E-state index contributed by atoms with van der Waals surface area (Å²) in [7, 11) is 2.21. The van der Waals surface area contributed by atoms with Crippen LogP contribution in [0.3, 0.4) is 0 Å². The summed E-state index contributed by atoms with van der Waals surface area (Å²) >= 11 is 0. The molecule has 2 saturated carbocycles. The number of fused-ring (bicyclic) bond motifs is 1. The van der Waals surface area contributed by atoms with Crippen LogP contribution in [0, 0.1) is 0 Å². The highest BCUT2D eigenvalue weighted by Gasteiger charge is 2.28. The standard InChI is InChI=1S/C17H22N2O/c1-19(13-8-9-13)11-17-15(10-18-12-6-7-12)14-4-2-3-5-16(14)20-17/h2-5,12-13,18H,6-11H2,1H3. The van der Waals surface area contributed by atoms with Crippen LogP contribution in [-0.4, -0.2) is 24.0 Å². The van der Waals surface area contributed by atoms with Crippen LogP contribution in [0.4, 0.5) is 0 Å². The molecule has 1 aromatic carbocycles. The minimum atomic E-state index is 0.734. The Kier molecular flexibility index (Phi) is 3.04. The minimum absolute atomic E-state index is 0.734. The molecule has 0 spiro atoms. The lowest BCUT2D eigenvalue weighted by Gasteiger charge is -2.15. The normalized spacial score (nSPS) is 19.1. The highest BCUT2D eigenvalue weighted by atomic mass is 16.3. The molecular formula is C17H22N2O. The Bertz CT molecular complexity index is 610. The average molecular weight is 270 g/mol. The Hall–Kier alpha value is -1.32. The summed E-state index contributed by atoms with van der Waals surface area (Å²) in [6.07, 6.45) is 5.33. The molecule has 3 heteroatoms. The third kappa shape index (κ3) is 2.48. The van der Waals surface area contributed by atoms with Gasteiger partial charge in [0.2, 0.25) is 0 Å². The van der Waals surface area contributed by atoms with Gasteiger partial charge in [-0.05, 0) is 38.8 Å². The summed E-state index contributed by atoms with van der Waals surface area (Å²) in [5.41, 5.74) is 2.39. The van der Waals surface area contributed by atoms with Gasteiger partial charge in [-0.15, -0.1) is 0 Å². The van der Waals surface area contributed by atoms with Crippen molar-refractivity contribution in [3.8, 4) is 0 Å². The van der Waals surface area contributed by atoms with E-state index >= 15 is 0 Å². The van der Waals surface area contributed by atoms with Crippen molar-refractivity contribution in [2.75, 3.05) is 7.05 Å². The zero-order valence-electron chi connectivity index (χ0n) is 12.1. The van der Waals surface area contributed by atoms with E-state index in [-0.39, 0.29) is 0 Å². The number of nitrogens with one attached hydrogen (secondary N) is 1. The smallest absolute Gasteiger partial charge is 0.134 e.